The Labute approximate surface area is 119 Å². The van der Waals surface area contributed by atoms with Crippen LogP contribution >= 0.6 is 0 Å². The number of hydrogen-bond acceptors (Lipinski definition) is 4. The molecule has 0 saturated heterocycles. The van der Waals surface area contributed by atoms with Crippen molar-refractivity contribution in [1.82, 2.24) is 5.32 Å². The van der Waals surface area contributed by atoms with Crippen LogP contribution in [0.3, 0.4) is 0 Å². The number of nitrogens with two attached hydrogens (primary N) is 1. The molecule has 0 spiro atoms. The zero-order chi connectivity index (χ0) is 14.6. The Kier molecular flexibility index (Phi) is 4.49. The van der Waals surface area contributed by atoms with Gasteiger partial charge in [0.15, 0.2) is 0 Å². The summed E-state index contributed by atoms with van der Waals surface area (Å²) in [6, 6.07) is 4.65. The number of aromatic hydroxyl groups is 1. The molecule has 0 radical (unpaired) electrons. The number of amides is 1. The number of methoxy groups -OCH3 is 1. The number of benzene rings is 1. The number of hydrogen-bond donors (Lipinski definition) is 3. The summed E-state index contributed by atoms with van der Waals surface area (Å²) in [5.74, 6) is 0.174. The van der Waals surface area contributed by atoms with Crippen LogP contribution in [-0.2, 0) is 0 Å². The van der Waals surface area contributed by atoms with Crippen molar-refractivity contribution in [1.29, 1.82) is 0 Å². The van der Waals surface area contributed by atoms with Crippen molar-refractivity contribution in [3.63, 3.8) is 0 Å². The summed E-state index contributed by atoms with van der Waals surface area (Å²) >= 11 is 0. The van der Waals surface area contributed by atoms with Gasteiger partial charge < -0.3 is 20.9 Å². The SMILES string of the molecule is COc1ccc(C(=O)NCC2(CN)CCCC2)c(O)c1. The molecule has 110 valence electrons. The zero-order valence-corrected chi connectivity index (χ0v) is 11.8. The Morgan fingerprint density at radius 3 is 2.70 bits per heavy atom. The molecule has 0 bridgehead atoms. The van der Waals surface area contributed by atoms with Crippen LogP contribution in [0.25, 0.3) is 0 Å². The Morgan fingerprint density at radius 1 is 1.45 bits per heavy atom. The Balaban J connectivity index is 2.01. The van der Waals surface area contributed by atoms with Crippen LogP contribution in [0.15, 0.2) is 18.2 Å². The minimum absolute atomic E-state index is 0.0255. The predicted molar refractivity (Wildman–Crippen MR) is 76.9 cm³/mol. The monoisotopic (exact) mass is 278 g/mol. The lowest BCUT2D eigenvalue weighted by molar-refractivity contribution is 0.0929. The first kappa shape index (κ1) is 14.7. The second kappa shape index (κ2) is 6.13. The maximum atomic E-state index is 12.1. The average molecular weight is 278 g/mol. The van der Waals surface area contributed by atoms with E-state index in [2.05, 4.69) is 5.32 Å². The minimum Gasteiger partial charge on any atom is -0.507 e. The molecule has 5 heteroatoms. The molecule has 5 nitrogen and oxygen atoms in total. The topological polar surface area (TPSA) is 84.6 Å². The van der Waals surface area contributed by atoms with E-state index in [0.717, 1.165) is 12.8 Å². The van der Waals surface area contributed by atoms with Crippen molar-refractivity contribution in [2.75, 3.05) is 20.2 Å². The van der Waals surface area contributed by atoms with E-state index in [0.29, 0.717) is 18.8 Å². The van der Waals surface area contributed by atoms with Crippen molar-refractivity contribution >= 4 is 5.91 Å². The summed E-state index contributed by atoms with van der Waals surface area (Å²) in [5, 5.41) is 12.7. The first-order valence-corrected chi connectivity index (χ1v) is 6.95. The van der Waals surface area contributed by atoms with Gasteiger partial charge in [0.1, 0.15) is 11.5 Å². The van der Waals surface area contributed by atoms with Crippen molar-refractivity contribution in [2.45, 2.75) is 25.7 Å². The van der Waals surface area contributed by atoms with Gasteiger partial charge in [-0.1, -0.05) is 12.8 Å². The van der Waals surface area contributed by atoms with Gasteiger partial charge in [-0.2, -0.15) is 0 Å². The lowest BCUT2D eigenvalue weighted by atomic mass is 9.86. The molecule has 1 aliphatic carbocycles. The van der Waals surface area contributed by atoms with Gasteiger partial charge in [-0.15, -0.1) is 0 Å². The summed E-state index contributed by atoms with van der Waals surface area (Å²) < 4.78 is 5.00. The summed E-state index contributed by atoms with van der Waals surface area (Å²) in [5.41, 5.74) is 6.13. The highest BCUT2D eigenvalue weighted by molar-refractivity contribution is 5.97. The van der Waals surface area contributed by atoms with Crippen molar-refractivity contribution in [3.8, 4) is 11.5 Å². The largest absolute Gasteiger partial charge is 0.507 e. The number of carbonyl (C=O) groups is 1. The molecule has 0 unspecified atom stereocenters. The second-order valence-corrected chi connectivity index (χ2v) is 5.48. The van der Waals surface area contributed by atoms with E-state index < -0.39 is 0 Å². The minimum atomic E-state index is -0.273. The third kappa shape index (κ3) is 3.04. The van der Waals surface area contributed by atoms with Crippen molar-refractivity contribution in [3.05, 3.63) is 23.8 Å². The molecule has 2 rings (SSSR count). The molecule has 1 aliphatic rings. The molecule has 0 aromatic heterocycles. The van der Waals surface area contributed by atoms with E-state index >= 15 is 0 Å². The highest BCUT2D eigenvalue weighted by Crippen LogP contribution is 2.36. The molecule has 0 heterocycles. The standard InChI is InChI=1S/C15H22N2O3/c1-20-11-4-5-12(13(18)8-11)14(19)17-10-15(9-16)6-2-3-7-15/h4-5,8,18H,2-3,6-7,9-10,16H2,1H3,(H,17,19). The maximum absolute atomic E-state index is 12.1. The summed E-state index contributed by atoms with van der Waals surface area (Å²) in [7, 11) is 1.51. The first-order chi connectivity index (χ1) is 9.60. The molecule has 0 atom stereocenters. The summed E-state index contributed by atoms with van der Waals surface area (Å²) in [6.07, 6.45) is 4.44. The van der Waals surface area contributed by atoms with E-state index in [4.69, 9.17) is 10.5 Å². The van der Waals surface area contributed by atoms with Crippen LogP contribution in [0.2, 0.25) is 0 Å². The van der Waals surface area contributed by atoms with Gasteiger partial charge in [0.05, 0.1) is 12.7 Å². The van der Waals surface area contributed by atoms with Gasteiger partial charge in [0.2, 0.25) is 0 Å². The molecule has 20 heavy (non-hydrogen) atoms. The van der Waals surface area contributed by atoms with E-state index in [1.807, 2.05) is 0 Å². The number of nitrogens with one attached hydrogen (secondary N) is 1. The Bertz CT molecular complexity index is 482. The normalized spacial score (nSPS) is 16.9. The van der Waals surface area contributed by atoms with Crippen LogP contribution in [0.5, 0.6) is 11.5 Å². The van der Waals surface area contributed by atoms with Crippen LogP contribution in [0.1, 0.15) is 36.0 Å². The quantitative estimate of drug-likeness (QED) is 0.764. The predicted octanol–water partition coefficient (Wildman–Crippen LogP) is 1.65. The zero-order valence-electron chi connectivity index (χ0n) is 11.8. The number of carbonyl (C=O) groups excluding carboxylic acids is 1. The number of ether oxygens (including phenoxy) is 1. The van der Waals surface area contributed by atoms with Gasteiger partial charge in [-0.3, -0.25) is 4.79 Å². The first-order valence-electron chi connectivity index (χ1n) is 6.95. The highest BCUT2D eigenvalue weighted by Gasteiger charge is 2.32. The molecule has 1 amide bonds. The fraction of sp³-hybridized carbons (Fsp3) is 0.533. The fourth-order valence-corrected chi connectivity index (χ4v) is 2.77. The molecular formula is C15H22N2O3. The van der Waals surface area contributed by atoms with Gasteiger partial charge >= 0.3 is 0 Å². The van der Waals surface area contributed by atoms with E-state index in [1.54, 1.807) is 12.1 Å². The Morgan fingerprint density at radius 2 is 2.15 bits per heavy atom. The molecule has 1 saturated carbocycles. The van der Waals surface area contributed by atoms with Gasteiger partial charge in [-0.25, -0.2) is 0 Å². The molecule has 4 N–H and O–H groups in total. The van der Waals surface area contributed by atoms with Gasteiger partial charge in [0, 0.05) is 12.6 Å². The molecular weight excluding hydrogens is 256 g/mol. The second-order valence-electron chi connectivity index (χ2n) is 5.48. The van der Waals surface area contributed by atoms with Crippen LogP contribution in [0.4, 0.5) is 0 Å². The van der Waals surface area contributed by atoms with E-state index in [9.17, 15) is 9.90 Å². The number of phenolic OH excluding ortho intramolecular Hbond substituents is 1. The molecule has 1 fully saturated rings. The van der Waals surface area contributed by atoms with Crippen LogP contribution in [0, 0.1) is 5.41 Å². The third-order valence-electron chi connectivity index (χ3n) is 4.17. The lowest BCUT2D eigenvalue weighted by Crippen LogP contribution is -2.40. The van der Waals surface area contributed by atoms with Gasteiger partial charge in [-0.05, 0) is 36.9 Å². The Hall–Kier alpha value is -1.75. The van der Waals surface area contributed by atoms with Crippen LogP contribution < -0.4 is 15.8 Å². The summed E-state index contributed by atoms with van der Waals surface area (Å²) in [4.78, 5) is 12.1. The van der Waals surface area contributed by atoms with E-state index in [1.165, 1.54) is 26.0 Å². The average Bonchev–Trinajstić information content (AvgIpc) is 2.94. The lowest BCUT2D eigenvalue weighted by Gasteiger charge is -2.27. The number of rotatable bonds is 5. The van der Waals surface area contributed by atoms with Gasteiger partial charge in [0.25, 0.3) is 5.91 Å². The molecule has 1 aromatic carbocycles. The van der Waals surface area contributed by atoms with Crippen molar-refractivity contribution in [2.24, 2.45) is 11.1 Å². The smallest absolute Gasteiger partial charge is 0.255 e. The molecule has 1 aromatic rings. The summed E-state index contributed by atoms with van der Waals surface area (Å²) in [6.45, 7) is 1.15. The fourth-order valence-electron chi connectivity index (χ4n) is 2.77. The number of phenols is 1. The third-order valence-corrected chi connectivity index (χ3v) is 4.17. The maximum Gasteiger partial charge on any atom is 0.255 e. The highest BCUT2D eigenvalue weighted by atomic mass is 16.5. The van der Waals surface area contributed by atoms with Crippen LogP contribution in [-0.4, -0.2) is 31.2 Å². The van der Waals surface area contributed by atoms with E-state index in [-0.39, 0.29) is 22.6 Å². The van der Waals surface area contributed by atoms with Crippen molar-refractivity contribution < 1.29 is 14.6 Å². The molecule has 0 aliphatic heterocycles.